The summed E-state index contributed by atoms with van der Waals surface area (Å²) in [6, 6.07) is -1.32. The van der Waals surface area contributed by atoms with Gasteiger partial charge in [-0.25, -0.2) is 8.78 Å². The van der Waals surface area contributed by atoms with Crippen molar-refractivity contribution >= 4 is 5.91 Å². The standard InChI is InChI=1S/C9H12F4N2O2/c10-7(11)9(12,13)8(16)15-5-4(14)3-1-2-17-6(3)5/h3-7H,1-2,14H2,(H,15,16). The lowest BCUT2D eigenvalue weighted by molar-refractivity contribution is -0.173. The number of hydrogen-bond acceptors (Lipinski definition) is 3. The van der Waals surface area contributed by atoms with Gasteiger partial charge in [0.15, 0.2) is 0 Å². The largest absolute Gasteiger partial charge is 0.383 e. The normalized spacial score (nSPS) is 36.6. The van der Waals surface area contributed by atoms with Gasteiger partial charge in [0, 0.05) is 18.6 Å². The number of halogens is 4. The first-order chi connectivity index (χ1) is 7.85. The summed E-state index contributed by atoms with van der Waals surface area (Å²) < 4.78 is 54.4. The van der Waals surface area contributed by atoms with Crippen LogP contribution < -0.4 is 11.1 Å². The minimum absolute atomic E-state index is 0.0143. The number of alkyl halides is 4. The molecule has 2 aliphatic rings. The number of carbonyl (C=O) groups excluding carboxylic acids is 1. The third kappa shape index (κ3) is 1.89. The van der Waals surface area contributed by atoms with E-state index in [1.165, 1.54) is 0 Å². The molecule has 0 aromatic heterocycles. The van der Waals surface area contributed by atoms with E-state index in [-0.39, 0.29) is 5.92 Å². The fourth-order valence-corrected chi connectivity index (χ4v) is 2.27. The molecule has 1 amide bonds. The Hall–Kier alpha value is -0.890. The van der Waals surface area contributed by atoms with Gasteiger partial charge >= 0.3 is 12.3 Å². The molecule has 1 heterocycles. The van der Waals surface area contributed by atoms with Crippen LogP contribution in [0.15, 0.2) is 0 Å². The summed E-state index contributed by atoms with van der Waals surface area (Å²) in [5.74, 6) is -6.67. The fourth-order valence-electron chi connectivity index (χ4n) is 2.27. The molecule has 2 fully saturated rings. The highest BCUT2D eigenvalue weighted by Gasteiger charge is 2.56. The van der Waals surface area contributed by atoms with Crippen molar-refractivity contribution in [1.29, 1.82) is 0 Å². The first-order valence-corrected chi connectivity index (χ1v) is 5.20. The summed E-state index contributed by atoms with van der Waals surface area (Å²) in [7, 11) is 0. The molecule has 98 valence electrons. The Morgan fingerprint density at radius 1 is 1.47 bits per heavy atom. The number of nitrogens with one attached hydrogen (secondary N) is 1. The zero-order chi connectivity index (χ0) is 12.8. The van der Waals surface area contributed by atoms with E-state index in [0.29, 0.717) is 13.0 Å². The predicted molar refractivity (Wildman–Crippen MR) is 48.7 cm³/mol. The lowest BCUT2D eigenvalue weighted by Crippen LogP contribution is -2.70. The summed E-state index contributed by atoms with van der Waals surface area (Å²) >= 11 is 0. The first-order valence-electron chi connectivity index (χ1n) is 5.20. The van der Waals surface area contributed by atoms with E-state index in [2.05, 4.69) is 0 Å². The summed E-state index contributed by atoms with van der Waals surface area (Å²) in [6.07, 6.45) is -3.76. The van der Waals surface area contributed by atoms with Crippen LogP contribution in [0.1, 0.15) is 6.42 Å². The van der Waals surface area contributed by atoms with E-state index in [9.17, 15) is 22.4 Å². The Morgan fingerprint density at radius 3 is 2.71 bits per heavy atom. The minimum atomic E-state index is -4.69. The SMILES string of the molecule is NC1C2CCOC2C1NC(=O)C(F)(F)C(F)F. The quantitative estimate of drug-likeness (QED) is 0.705. The van der Waals surface area contributed by atoms with E-state index >= 15 is 0 Å². The highest BCUT2D eigenvalue weighted by Crippen LogP contribution is 2.38. The highest BCUT2D eigenvalue weighted by molar-refractivity contribution is 5.84. The number of nitrogens with two attached hydrogens (primary N) is 1. The Labute approximate surface area is 94.5 Å². The molecular weight excluding hydrogens is 244 g/mol. The van der Waals surface area contributed by atoms with Gasteiger partial charge in [0.1, 0.15) is 0 Å². The average molecular weight is 256 g/mol. The molecule has 0 bridgehead atoms. The van der Waals surface area contributed by atoms with Crippen LogP contribution in [0, 0.1) is 5.92 Å². The number of carbonyl (C=O) groups is 1. The Balaban J connectivity index is 1.96. The fraction of sp³-hybridized carbons (Fsp3) is 0.889. The second-order valence-corrected chi connectivity index (χ2v) is 4.29. The van der Waals surface area contributed by atoms with Crippen molar-refractivity contribution in [1.82, 2.24) is 5.32 Å². The maximum atomic E-state index is 12.7. The van der Waals surface area contributed by atoms with Gasteiger partial charge in [-0.3, -0.25) is 4.79 Å². The zero-order valence-electron chi connectivity index (χ0n) is 8.71. The van der Waals surface area contributed by atoms with Crippen LogP contribution in [0.2, 0.25) is 0 Å². The molecule has 3 N–H and O–H groups in total. The second kappa shape index (κ2) is 4.09. The van der Waals surface area contributed by atoms with E-state index in [1.54, 1.807) is 0 Å². The van der Waals surface area contributed by atoms with Gasteiger partial charge in [-0.1, -0.05) is 0 Å². The maximum Gasteiger partial charge on any atom is 0.383 e. The lowest BCUT2D eigenvalue weighted by atomic mass is 9.72. The van der Waals surface area contributed by atoms with E-state index in [0.717, 1.165) is 0 Å². The maximum absolute atomic E-state index is 12.7. The van der Waals surface area contributed by atoms with Crippen molar-refractivity contribution < 1.29 is 27.1 Å². The highest BCUT2D eigenvalue weighted by atomic mass is 19.3. The van der Waals surface area contributed by atoms with Crippen molar-refractivity contribution in [3.63, 3.8) is 0 Å². The summed E-state index contributed by atoms with van der Waals surface area (Å²) in [5.41, 5.74) is 5.65. The molecule has 2 rings (SSSR count). The molecule has 8 heteroatoms. The molecule has 0 spiro atoms. The van der Waals surface area contributed by atoms with Crippen LogP contribution in [-0.4, -0.2) is 43.0 Å². The summed E-state index contributed by atoms with van der Waals surface area (Å²) in [6.45, 7) is 0.445. The van der Waals surface area contributed by atoms with Crippen LogP contribution >= 0.6 is 0 Å². The molecule has 4 nitrogen and oxygen atoms in total. The summed E-state index contributed by atoms with van der Waals surface area (Å²) in [4.78, 5) is 11.0. The smallest absolute Gasteiger partial charge is 0.376 e. The zero-order valence-corrected chi connectivity index (χ0v) is 8.71. The predicted octanol–water partition coefficient (Wildman–Crippen LogP) is 0.118. The van der Waals surface area contributed by atoms with Gasteiger partial charge in [-0.2, -0.15) is 8.78 Å². The third-order valence-corrected chi connectivity index (χ3v) is 3.32. The topological polar surface area (TPSA) is 64.3 Å². The van der Waals surface area contributed by atoms with E-state index in [4.69, 9.17) is 10.5 Å². The van der Waals surface area contributed by atoms with Gasteiger partial charge in [0.25, 0.3) is 5.91 Å². The third-order valence-electron chi connectivity index (χ3n) is 3.32. The van der Waals surface area contributed by atoms with Crippen molar-refractivity contribution in [2.45, 2.75) is 37.0 Å². The van der Waals surface area contributed by atoms with Gasteiger partial charge in [-0.15, -0.1) is 0 Å². The Bertz CT molecular complexity index is 326. The molecule has 1 aliphatic heterocycles. The van der Waals surface area contributed by atoms with E-state index < -0.39 is 36.4 Å². The molecular formula is C9H12F4N2O2. The van der Waals surface area contributed by atoms with Gasteiger partial charge in [-0.05, 0) is 6.42 Å². The van der Waals surface area contributed by atoms with Gasteiger partial charge < -0.3 is 15.8 Å². The number of ether oxygens (including phenoxy) is 1. The van der Waals surface area contributed by atoms with E-state index in [1.807, 2.05) is 5.32 Å². The van der Waals surface area contributed by atoms with Crippen molar-refractivity contribution in [3.8, 4) is 0 Å². The monoisotopic (exact) mass is 256 g/mol. The number of amides is 1. The first kappa shape index (κ1) is 12.6. The van der Waals surface area contributed by atoms with Crippen molar-refractivity contribution in [3.05, 3.63) is 0 Å². The number of rotatable bonds is 3. The lowest BCUT2D eigenvalue weighted by Gasteiger charge is -2.45. The summed E-state index contributed by atoms with van der Waals surface area (Å²) in [5, 5.41) is 1.84. The second-order valence-electron chi connectivity index (χ2n) is 4.29. The minimum Gasteiger partial charge on any atom is -0.376 e. The Morgan fingerprint density at radius 2 is 2.12 bits per heavy atom. The average Bonchev–Trinajstić information content (AvgIpc) is 2.69. The molecule has 1 saturated carbocycles. The number of hydrogen-bond donors (Lipinski definition) is 2. The Kier molecular flexibility index (Phi) is 3.03. The van der Waals surface area contributed by atoms with Crippen LogP contribution in [0.3, 0.4) is 0 Å². The van der Waals surface area contributed by atoms with Gasteiger partial charge in [0.2, 0.25) is 0 Å². The molecule has 0 radical (unpaired) electrons. The molecule has 0 aromatic rings. The van der Waals surface area contributed by atoms with Crippen LogP contribution in [0.5, 0.6) is 0 Å². The molecule has 4 atom stereocenters. The molecule has 4 unspecified atom stereocenters. The molecule has 0 aromatic carbocycles. The molecule has 1 aliphatic carbocycles. The van der Waals surface area contributed by atoms with Crippen LogP contribution in [0.4, 0.5) is 17.6 Å². The van der Waals surface area contributed by atoms with Crippen LogP contribution in [0.25, 0.3) is 0 Å². The van der Waals surface area contributed by atoms with Crippen LogP contribution in [-0.2, 0) is 9.53 Å². The van der Waals surface area contributed by atoms with Gasteiger partial charge in [0.05, 0.1) is 12.1 Å². The number of fused-ring (bicyclic) bond motifs is 1. The molecule has 1 saturated heterocycles. The van der Waals surface area contributed by atoms with Crippen molar-refractivity contribution in [2.24, 2.45) is 11.7 Å². The molecule has 17 heavy (non-hydrogen) atoms. The van der Waals surface area contributed by atoms with Crippen molar-refractivity contribution in [2.75, 3.05) is 6.61 Å².